The van der Waals surface area contributed by atoms with Gasteiger partial charge in [0.05, 0.1) is 0 Å². The molecule has 0 heterocycles. The minimum Gasteiger partial charge on any atom is -0.444 e. The minimum absolute atomic E-state index is 0.188. The van der Waals surface area contributed by atoms with E-state index in [2.05, 4.69) is 25.0 Å². The molecule has 1 N–H and O–H groups in total. The molecule has 0 aromatic rings. The standard InChI is InChI=1S/C14H29NO3Si/c1-13(2,3)18-12(17)15-11(9-19(6,7)8)14(4,5)10-16/h10-11H,9H2,1-8H3,(H,15,17). The maximum Gasteiger partial charge on any atom is 0.407 e. The molecule has 0 aromatic carbocycles. The predicted octanol–water partition coefficient (Wildman–Crippen LogP) is 3.44. The van der Waals surface area contributed by atoms with Crippen LogP contribution in [0.1, 0.15) is 34.6 Å². The van der Waals surface area contributed by atoms with E-state index in [4.69, 9.17) is 4.74 Å². The summed E-state index contributed by atoms with van der Waals surface area (Å²) in [5, 5.41) is 2.86. The first-order valence-electron chi connectivity index (χ1n) is 6.73. The van der Waals surface area contributed by atoms with Gasteiger partial charge in [-0.05, 0) is 26.8 Å². The molecule has 19 heavy (non-hydrogen) atoms. The van der Waals surface area contributed by atoms with E-state index in [0.29, 0.717) is 0 Å². The summed E-state index contributed by atoms with van der Waals surface area (Å²) in [4.78, 5) is 23.1. The second kappa shape index (κ2) is 6.07. The SMILES string of the molecule is CC(C)(C)OC(=O)NC(C[Si](C)(C)C)C(C)(C)C=O. The molecule has 0 aliphatic heterocycles. The average molecular weight is 287 g/mol. The summed E-state index contributed by atoms with van der Waals surface area (Å²) in [7, 11) is -1.40. The van der Waals surface area contributed by atoms with Gasteiger partial charge in [0.2, 0.25) is 0 Å². The Morgan fingerprint density at radius 2 is 1.68 bits per heavy atom. The third-order valence-corrected chi connectivity index (χ3v) is 4.34. The quantitative estimate of drug-likeness (QED) is 0.622. The molecule has 1 unspecified atom stereocenters. The van der Waals surface area contributed by atoms with Gasteiger partial charge in [0.15, 0.2) is 0 Å². The van der Waals surface area contributed by atoms with Crippen LogP contribution in [0.25, 0.3) is 0 Å². The molecule has 112 valence electrons. The molecule has 0 saturated heterocycles. The Morgan fingerprint density at radius 1 is 1.21 bits per heavy atom. The van der Waals surface area contributed by atoms with Crippen LogP contribution in [0.3, 0.4) is 0 Å². The number of carbonyl (C=O) groups excluding carboxylic acids is 2. The third kappa shape index (κ3) is 8.03. The van der Waals surface area contributed by atoms with Crippen molar-refractivity contribution >= 4 is 20.5 Å². The van der Waals surface area contributed by atoms with Gasteiger partial charge in [0.1, 0.15) is 11.9 Å². The van der Waals surface area contributed by atoms with Crippen LogP contribution in [0.5, 0.6) is 0 Å². The van der Waals surface area contributed by atoms with Crippen LogP contribution in [0.15, 0.2) is 0 Å². The van der Waals surface area contributed by atoms with Crippen LogP contribution in [0.2, 0.25) is 25.7 Å². The highest BCUT2D eigenvalue weighted by Crippen LogP contribution is 2.26. The Morgan fingerprint density at radius 3 is 2.00 bits per heavy atom. The van der Waals surface area contributed by atoms with Gasteiger partial charge in [-0.2, -0.15) is 0 Å². The number of amides is 1. The van der Waals surface area contributed by atoms with Gasteiger partial charge < -0.3 is 14.8 Å². The molecule has 0 rings (SSSR count). The lowest BCUT2D eigenvalue weighted by atomic mass is 9.87. The second-order valence-electron chi connectivity index (χ2n) is 7.90. The third-order valence-electron chi connectivity index (χ3n) is 2.71. The molecule has 0 bridgehead atoms. The van der Waals surface area contributed by atoms with Crippen molar-refractivity contribution in [2.24, 2.45) is 5.41 Å². The molecule has 0 spiro atoms. The molecular formula is C14H29NO3Si. The van der Waals surface area contributed by atoms with Crippen LogP contribution in [0.4, 0.5) is 4.79 Å². The zero-order valence-electron chi connectivity index (χ0n) is 13.6. The Balaban J connectivity index is 4.88. The summed E-state index contributed by atoms with van der Waals surface area (Å²) in [5.41, 5.74) is -1.11. The number of rotatable bonds is 5. The second-order valence-corrected chi connectivity index (χ2v) is 13.4. The van der Waals surface area contributed by atoms with Gasteiger partial charge in [0.25, 0.3) is 0 Å². The van der Waals surface area contributed by atoms with Gasteiger partial charge in [-0.3, -0.25) is 0 Å². The highest BCUT2D eigenvalue weighted by Gasteiger charge is 2.35. The van der Waals surface area contributed by atoms with Crippen molar-refractivity contribution < 1.29 is 14.3 Å². The monoisotopic (exact) mass is 287 g/mol. The van der Waals surface area contributed by atoms with Crippen LogP contribution in [0, 0.1) is 5.41 Å². The average Bonchev–Trinajstić information content (AvgIpc) is 2.11. The van der Waals surface area contributed by atoms with Gasteiger partial charge >= 0.3 is 6.09 Å². The Hall–Kier alpha value is -0.843. The summed E-state index contributed by atoms with van der Waals surface area (Å²) in [6, 6.07) is 0.657. The molecule has 0 radical (unpaired) electrons. The van der Waals surface area contributed by atoms with E-state index in [1.54, 1.807) is 0 Å². The molecule has 0 aromatic heterocycles. The van der Waals surface area contributed by atoms with Gasteiger partial charge in [-0.25, -0.2) is 4.79 Å². The fraction of sp³-hybridized carbons (Fsp3) is 0.857. The molecule has 1 atom stereocenters. The first kappa shape index (κ1) is 18.2. The first-order chi connectivity index (χ1) is 8.27. The van der Waals surface area contributed by atoms with Crippen LogP contribution in [-0.4, -0.2) is 32.1 Å². The lowest BCUT2D eigenvalue weighted by Crippen LogP contribution is -2.50. The van der Waals surface area contributed by atoms with Gasteiger partial charge in [0, 0.05) is 19.5 Å². The van der Waals surface area contributed by atoms with Gasteiger partial charge in [-0.15, -0.1) is 0 Å². The topological polar surface area (TPSA) is 55.4 Å². The maximum absolute atomic E-state index is 11.9. The Kier molecular flexibility index (Phi) is 5.80. The highest BCUT2D eigenvalue weighted by atomic mass is 28.3. The Labute approximate surface area is 118 Å². The number of nitrogens with one attached hydrogen (secondary N) is 1. The smallest absolute Gasteiger partial charge is 0.407 e. The summed E-state index contributed by atoms with van der Waals surface area (Å²) >= 11 is 0. The number of alkyl carbamates (subject to hydrolysis) is 1. The number of hydrogen-bond acceptors (Lipinski definition) is 3. The van der Waals surface area contributed by atoms with Crippen LogP contribution in [-0.2, 0) is 9.53 Å². The zero-order valence-corrected chi connectivity index (χ0v) is 14.6. The van der Waals surface area contributed by atoms with Crippen molar-refractivity contribution in [3.8, 4) is 0 Å². The number of aldehydes is 1. The Bertz CT molecular complexity index is 327. The normalized spacial score (nSPS) is 14.7. The summed E-state index contributed by atoms with van der Waals surface area (Å²) in [6.45, 7) is 15.8. The highest BCUT2D eigenvalue weighted by molar-refractivity contribution is 6.76. The molecular weight excluding hydrogens is 258 g/mol. The molecule has 0 aliphatic rings. The van der Waals surface area contributed by atoms with E-state index >= 15 is 0 Å². The van der Waals surface area contributed by atoms with Crippen LogP contribution < -0.4 is 5.32 Å². The van der Waals surface area contributed by atoms with E-state index in [1.165, 1.54) is 0 Å². The van der Waals surface area contributed by atoms with Crippen molar-refractivity contribution in [3.05, 3.63) is 0 Å². The number of hydrogen-bond donors (Lipinski definition) is 1. The van der Waals surface area contributed by atoms with Crippen LogP contribution >= 0.6 is 0 Å². The number of ether oxygens (including phenoxy) is 1. The molecule has 4 nitrogen and oxygen atoms in total. The van der Waals surface area contributed by atoms with E-state index in [-0.39, 0.29) is 6.04 Å². The predicted molar refractivity (Wildman–Crippen MR) is 81.2 cm³/mol. The minimum atomic E-state index is -1.40. The molecule has 0 aliphatic carbocycles. The largest absolute Gasteiger partial charge is 0.444 e. The van der Waals surface area contributed by atoms with Crippen molar-refractivity contribution in [1.29, 1.82) is 0 Å². The number of carbonyl (C=O) groups is 2. The van der Waals surface area contributed by atoms with Crippen molar-refractivity contribution in [3.63, 3.8) is 0 Å². The molecule has 5 heteroatoms. The summed E-state index contributed by atoms with van der Waals surface area (Å²) < 4.78 is 5.27. The first-order valence-corrected chi connectivity index (χ1v) is 10.4. The maximum atomic E-state index is 11.9. The molecule has 0 fully saturated rings. The van der Waals surface area contributed by atoms with Gasteiger partial charge in [-0.1, -0.05) is 33.5 Å². The van der Waals surface area contributed by atoms with Crippen molar-refractivity contribution in [1.82, 2.24) is 5.32 Å². The fourth-order valence-electron chi connectivity index (χ4n) is 1.64. The van der Waals surface area contributed by atoms with E-state index < -0.39 is 25.2 Å². The van der Waals surface area contributed by atoms with Crippen molar-refractivity contribution in [2.45, 2.75) is 71.9 Å². The van der Waals surface area contributed by atoms with E-state index in [0.717, 1.165) is 12.3 Å². The summed E-state index contributed by atoms with van der Waals surface area (Å²) in [6.07, 6.45) is 0.459. The van der Waals surface area contributed by atoms with Crippen molar-refractivity contribution in [2.75, 3.05) is 0 Å². The van der Waals surface area contributed by atoms with E-state index in [9.17, 15) is 9.59 Å². The lowest BCUT2D eigenvalue weighted by molar-refractivity contribution is -0.115. The lowest BCUT2D eigenvalue weighted by Gasteiger charge is -2.34. The molecule has 1 amide bonds. The van der Waals surface area contributed by atoms with E-state index in [1.807, 2.05) is 34.6 Å². The zero-order chi connectivity index (χ0) is 15.5. The summed E-state index contributed by atoms with van der Waals surface area (Å²) in [5.74, 6) is 0. The molecule has 0 saturated carbocycles. The fourth-order valence-corrected chi connectivity index (χ4v) is 3.50.